The van der Waals surface area contributed by atoms with Gasteiger partial charge in [0.2, 0.25) is 0 Å². The molecule has 0 saturated carbocycles. The molecule has 2 amide bonds. The van der Waals surface area contributed by atoms with E-state index in [-0.39, 0.29) is 40.9 Å². The Balaban J connectivity index is 1.83. The maximum atomic E-state index is 13.0. The van der Waals surface area contributed by atoms with Gasteiger partial charge in [-0.1, -0.05) is 53.7 Å². The SMILES string of the molecule is Cc1cccc(OCCN2C(=O)S/C(=C\c3cc(C(C)(C)C)c(O)c(C(C)(C)C)c3)C2=O)c1. The van der Waals surface area contributed by atoms with E-state index in [9.17, 15) is 14.7 Å². The van der Waals surface area contributed by atoms with Gasteiger partial charge in [-0.2, -0.15) is 0 Å². The van der Waals surface area contributed by atoms with Crippen molar-refractivity contribution in [1.29, 1.82) is 0 Å². The van der Waals surface area contributed by atoms with E-state index in [4.69, 9.17) is 4.74 Å². The summed E-state index contributed by atoms with van der Waals surface area (Å²) in [6.45, 7) is 14.7. The van der Waals surface area contributed by atoms with Crippen molar-refractivity contribution in [2.75, 3.05) is 13.2 Å². The second-order valence-corrected chi connectivity index (χ2v) is 11.5. The molecular weight excluding hydrogens is 434 g/mol. The third-order valence-electron chi connectivity index (χ3n) is 5.49. The number of imide groups is 1. The molecule has 0 unspecified atom stereocenters. The zero-order valence-electron chi connectivity index (χ0n) is 20.5. The molecule has 5 nitrogen and oxygen atoms in total. The quantitative estimate of drug-likeness (QED) is 0.515. The molecule has 0 radical (unpaired) electrons. The molecule has 33 heavy (non-hydrogen) atoms. The van der Waals surface area contributed by atoms with E-state index in [1.165, 1.54) is 4.90 Å². The summed E-state index contributed by atoms with van der Waals surface area (Å²) >= 11 is 0.937. The minimum atomic E-state index is -0.319. The van der Waals surface area contributed by atoms with E-state index in [0.29, 0.717) is 10.7 Å². The molecule has 1 heterocycles. The van der Waals surface area contributed by atoms with Gasteiger partial charge in [0.25, 0.3) is 11.1 Å². The van der Waals surface area contributed by atoms with E-state index in [1.807, 2.05) is 84.9 Å². The van der Waals surface area contributed by atoms with Crippen molar-refractivity contribution >= 4 is 29.0 Å². The Morgan fingerprint density at radius 3 is 2.15 bits per heavy atom. The summed E-state index contributed by atoms with van der Waals surface area (Å²) in [6.07, 6.45) is 1.75. The Morgan fingerprint density at radius 1 is 1.00 bits per heavy atom. The Labute approximate surface area is 200 Å². The number of aryl methyl sites for hydroxylation is 1. The number of nitrogens with zero attached hydrogens (tertiary/aromatic N) is 1. The molecule has 0 bridgehead atoms. The average Bonchev–Trinajstić information content (AvgIpc) is 2.95. The van der Waals surface area contributed by atoms with E-state index < -0.39 is 0 Å². The smallest absolute Gasteiger partial charge is 0.293 e. The second kappa shape index (κ2) is 9.26. The number of amides is 2. The molecule has 1 N–H and O–H groups in total. The van der Waals surface area contributed by atoms with Gasteiger partial charge in [0.1, 0.15) is 18.1 Å². The summed E-state index contributed by atoms with van der Waals surface area (Å²) in [5.74, 6) is 0.681. The van der Waals surface area contributed by atoms with Crippen LogP contribution in [-0.2, 0) is 15.6 Å². The van der Waals surface area contributed by atoms with Crippen molar-refractivity contribution in [2.24, 2.45) is 0 Å². The Bertz CT molecular complexity index is 1070. The number of carbonyl (C=O) groups excluding carboxylic acids is 2. The van der Waals surface area contributed by atoms with Crippen molar-refractivity contribution in [2.45, 2.75) is 59.3 Å². The maximum absolute atomic E-state index is 13.0. The van der Waals surface area contributed by atoms with Gasteiger partial charge in [-0.15, -0.1) is 0 Å². The van der Waals surface area contributed by atoms with Crippen LogP contribution in [0.1, 0.15) is 63.8 Å². The fraction of sp³-hybridized carbons (Fsp3) is 0.407. The summed E-state index contributed by atoms with van der Waals surface area (Å²) in [6, 6.07) is 11.5. The highest BCUT2D eigenvalue weighted by atomic mass is 32.2. The molecule has 1 fully saturated rings. The number of hydrogen-bond donors (Lipinski definition) is 1. The van der Waals surface area contributed by atoms with Crippen LogP contribution >= 0.6 is 11.8 Å². The van der Waals surface area contributed by atoms with E-state index in [1.54, 1.807) is 6.08 Å². The van der Waals surface area contributed by atoms with Gasteiger partial charge in [0.15, 0.2) is 0 Å². The van der Waals surface area contributed by atoms with E-state index in [2.05, 4.69) is 0 Å². The Morgan fingerprint density at radius 2 is 1.61 bits per heavy atom. The van der Waals surface area contributed by atoms with Crippen molar-refractivity contribution in [3.05, 3.63) is 63.6 Å². The summed E-state index contributed by atoms with van der Waals surface area (Å²) in [5, 5.41) is 10.6. The minimum absolute atomic E-state index is 0.187. The van der Waals surface area contributed by atoms with Crippen molar-refractivity contribution in [1.82, 2.24) is 4.90 Å². The third-order valence-corrected chi connectivity index (χ3v) is 6.40. The van der Waals surface area contributed by atoms with Crippen LogP contribution in [0.25, 0.3) is 6.08 Å². The highest BCUT2D eigenvalue weighted by Gasteiger charge is 2.35. The standard InChI is InChI=1S/C27H33NO4S/c1-17-9-8-10-19(13-17)32-12-11-28-24(30)22(33-25(28)31)16-18-14-20(26(2,3)4)23(29)21(15-18)27(5,6)7/h8-10,13-16,29H,11-12H2,1-7H3/b22-16-. The molecule has 1 aliphatic rings. The molecule has 1 aliphatic heterocycles. The molecule has 0 aromatic heterocycles. The lowest BCUT2D eigenvalue weighted by Crippen LogP contribution is -2.32. The van der Waals surface area contributed by atoms with Gasteiger partial charge in [-0.05, 0) is 71.0 Å². The first-order valence-electron chi connectivity index (χ1n) is 11.1. The van der Waals surface area contributed by atoms with Gasteiger partial charge >= 0.3 is 0 Å². The fourth-order valence-electron chi connectivity index (χ4n) is 3.69. The maximum Gasteiger partial charge on any atom is 0.293 e. The molecule has 2 aromatic carbocycles. The zero-order chi connectivity index (χ0) is 24.6. The van der Waals surface area contributed by atoms with Crippen LogP contribution in [0.5, 0.6) is 11.5 Å². The molecule has 0 atom stereocenters. The van der Waals surface area contributed by atoms with Crippen LogP contribution in [0.3, 0.4) is 0 Å². The number of aromatic hydroxyl groups is 1. The monoisotopic (exact) mass is 467 g/mol. The highest BCUT2D eigenvalue weighted by molar-refractivity contribution is 8.18. The first-order valence-corrected chi connectivity index (χ1v) is 11.9. The minimum Gasteiger partial charge on any atom is -0.507 e. The molecular formula is C27H33NO4S. The molecule has 0 aliphatic carbocycles. The van der Waals surface area contributed by atoms with Gasteiger partial charge < -0.3 is 9.84 Å². The van der Waals surface area contributed by atoms with Crippen molar-refractivity contribution in [3.8, 4) is 11.5 Å². The van der Waals surface area contributed by atoms with Crippen molar-refractivity contribution < 1.29 is 19.4 Å². The first-order chi connectivity index (χ1) is 15.3. The molecule has 6 heteroatoms. The highest BCUT2D eigenvalue weighted by Crippen LogP contribution is 2.41. The zero-order valence-corrected chi connectivity index (χ0v) is 21.3. The normalized spacial score (nSPS) is 16.1. The van der Waals surface area contributed by atoms with Crippen LogP contribution in [0.4, 0.5) is 4.79 Å². The summed E-state index contributed by atoms with van der Waals surface area (Å²) < 4.78 is 5.72. The number of benzene rings is 2. The lowest BCUT2D eigenvalue weighted by Gasteiger charge is -2.28. The van der Waals surface area contributed by atoms with Gasteiger partial charge in [-0.25, -0.2) is 0 Å². The Hall–Kier alpha value is -2.73. The average molecular weight is 468 g/mol. The molecule has 3 rings (SSSR count). The second-order valence-electron chi connectivity index (χ2n) is 10.5. The number of hydrogen-bond acceptors (Lipinski definition) is 5. The van der Waals surface area contributed by atoms with Crippen LogP contribution in [0.15, 0.2) is 41.3 Å². The lowest BCUT2D eigenvalue weighted by molar-refractivity contribution is -0.123. The van der Waals surface area contributed by atoms with Crippen LogP contribution < -0.4 is 4.74 Å². The molecule has 2 aromatic rings. The largest absolute Gasteiger partial charge is 0.507 e. The number of carbonyl (C=O) groups is 2. The topological polar surface area (TPSA) is 66.8 Å². The number of phenols is 1. The van der Waals surface area contributed by atoms with Gasteiger partial charge in [-0.3, -0.25) is 14.5 Å². The van der Waals surface area contributed by atoms with E-state index >= 15 is 0 Å². The predicted molar refractivity (Wildman–Crippen MR) is 135 cm³/mol. The third kappa shape index (κ3) is 5.80. The van der Waals surface area contributed by atoms with Crippen LogP contribution in [0.2, 0.25) is 0 Å². The first kappa shape index (κ1) is 24.9. The number of thioether (sulfide) groups is 1. The lowest BCUT2D eigenvalue weighted by atomic mass is 9.78. The summed E-state index contributed by atoms with van der Waals surface area (Å²) in [4.78, 5) is 27.1. The number of ether oxygens (including phenoxy) is 1. The van der Waals surface area contributed by atoms with Gasteiger partial charge in [0, 0.05) is 11.1 Å². The Kier molecular flexibility index (Phi) is 6.99. The van der Waals surface area contributed by atoms with Gasteiger partial charge in [0.05, 0.1) is 11.4 Å². The predicted octanol–water partition coefficient (Wildman–Crippen LogP) is 6.41. The van der Waals surface area contributed by atoms with Crippen LogP contribution in [-0.4, -0.2) is 34.3 Å². The summed E-state index contributed by atoms with van der Waals surface area (Å²) in [7, 11) is 0. The van der Waals surface area contributed by atoms with Crippen molar-refractivity contribution in [3.63, 3.8) is 0 Å². The van der Waals surface area contributed by atoms with Crippen LogP contribution in [0, 0.1) is 6.92 Å². The number of phenolic OH excluding ortho intramolecular Hbond substituents is 1. The number of rotatable bonds is 5. The fourth-order valence-corrected chi connectivity index (χ4v) is 4.55. The summed E-state index contributed by atoms with van der Waals surface area (Å²) in [5.41, 5.74) is 2.95. The molecule has 0 spiro atoms. The van der Waals surface area contributed by atoms with E-state index in [0.717, 1.165) is 34.0 Å². The molecule has 176 valence electrons. The molecule has 1 saturated heterocycles.